The number of carbonyl (C=O) groups excluding carboxylic acids is 1. The van der Waals surface area contributed by atoms with Crippen molar-refractivity contribution in [1.82, 2.24) is 15.0 Å². The van der Waals surface area contributed by atoms with E-state index in [0.717, 1.165) is 23.7 Å². The van der Waals surface area contributed by atoms with E-state index >= 15 is 0 Å². The molecule has 1 saturated heterocycles. The van der Waals surface area contributed by atoms with Crippen LogP contribution >= 0.6 is 38.5 Å². The number of hydrogen-bond acceptors (Lipinski definition) is 5. The molecule has 1 aliphatic rings. The van der Waals surface area contributed by atoms with Crippen LogP contribution in [0.25, 0.3) is 0 Å². The summed E-state index contributed by atoms with van der Waals surface area (Å²) in [5, 5.41) is 8.97. The van der Waals surface area contributed by atoms with Crippen molar-refractivity contribution in [2.45, 2.75) is 25.3 Å². The number of carbonyl (C=O) groups is 1. The number of aldehydes is 1. The lowest BCUT2D eigenvalue weighted by atomic mass is 10.2. The van der Waals surface area contributed by atoms with Gasteiger partial charge in [0.15, 0.2) is 12.5 Å². The molecular formula is C15H15BrFIN4O2. The zero-order valence-corrected chi connectivity index (χ0v) is 16.4. The summed E-state index contributed by atoms with van der Waals surface area (Å²) in [6.45, 7) is 0.972. The lowest BCUT2D eigenvalue weighted by molar-refractivity contribution is -0.117. The van der Waals surface area contributed by atoms with Crippen LogP contribution in [0, 0.1) is 9.39 Å². The first-order valence-corrected chi connectivity index (χ1v) is 9.58. The van der Waals surface area contributed by atoms with Crippen molar-refractivity contribution in [3.63, 3.8) is 0 Å². The number of aromatic nitrogens is 3. The number of rotatable bonds is 6. The number of halogens is 3. The van der Waals surface area contributed by atoms with Gasteiger partial charge < -0.3 is 9.64 Å². The molecule has 2 aromatic rings. The van der Waals surface area contributed by atoms with Gasteiger partial charge in [0.25, 0.3) is 0 Å². The van der Waals surface area contributed by atoms with Crippen molar-refractivity contribution in [2.24, 2.45) is 0 Å². The Bertz CT molecular complexity index is 729. The highest BCUT2D eigenvalue weighted by atomic mass is 127. The number of nitrogens with zero attached hydrogens (tertiary/aromatic N) is 4. The summed E-state index contributed by atoms with van der Waals surface area (Å²) in [7, 11) is 0. The maximum atomic E-state index is 13.8. The van der Waals surface area contributed by atoms with Gasteiger partial charge in [-0.2, -0.15) is 0 Å². The molecule has 0 aliphatic carbocycles. The van der Waals surface area contributed by atoms with Gasteiger partial charge in [-0.05, 0) is 40.8 Å². The first kappa shape index (κ1) is 17.7. The second-order valence-electron chi connectivity index (χ2n) is 5.41. The van der Waals surface area contributed by atoms with Crippen LogP contribution in [0.15, 0.2) is 24.4 Å². The molecule has 1 fully saturated rings. The lowest BCUT2D eigenvalue weighted by Gasteiger charge is -2.20. The van der Waals surface area contributed by atoms with Gasteiger partial charge >= 0.3 is 0 Å². The van der Waals surface area contributed by atoms with E-state index in [1.54, 1.807) is 21.7 Å². The van der Waals surface area contributed by atoms with Crippen LogP contribution in [-0.2, 0) is 22.5 Å². The molecule has 6 nitrogen and oxygen atoms in total. The Morgan fingerprint density at radius 1 is 1.50 bits per heavy atom. The molecule has 3 rings (SSSR count). The van der Waals surface area contributed by atoms with E-state index in [4.69, 9.17) is 4.74 Å². The third-order valence-electron chi connectivity index (χ3n) is 3.72. The van der Waals surface area contributed by atoms with Gasteiger partial charge in [-0.3, -0.25) is 4.79 Å². The predicted molar refractivity (Wildman–Crippen MR) is 98.7 cm³/mol. The summed E-state index contributed by atoms with van der Waals surface area (Å²) in [4.78, 5) is 13.1. The quantitative estimate of drug-likeness (QED) is 0.340. The van der Waals surface area contributed by atoms with E-state index in [1.807, 2.05) is 28.8 Å². The minimum absolute atomic E-state index is 0.221. The Kier molecular flexibility index (Phi) is 5.82. The zero-order chi connectivity index (χ0) is 17.1. The molecule has 1 unspecified atom stereocenters. The summed E-state index contributed by atoms with van der Waals surface area (Å²) >= 11 is 5.30. The molecule has 1 aromatic heterocycles. The maximum Gasteiger partial charge on any atom is 0.187 e. The summed E-state index contributed by atoms with van der Waals surface area (Å²) in [6, 6.07) is 4.90. The fourth-order valence-corrected chi connectivity index (χ4v) is 3.35. The van der Waals surface area contributed by atoms with E-state index < -0.39 is 6.23 Å². The summed E-state index contributed by atoms with van der Waals surface area (Å²) in [5.41, 5.74) is 1.53. The summed E-state index contributed by atoms with van der Waals surface area (Å²) in [5.74, 6) is -0.308. The van der Waals surface area contributed by atoms with Crippen molar-refractivity contribution >= 4 is 50.5 Å². The highest BCUT2D eigenvalue weighted by Gasteiger charge is 2.33. The van der Waals surface area contributed by atoms with Gasteiger partial charge in [0.2, 0.25) is 0 Å². The molecular weight excluding hydrogens is 494 g/mol. The van der Waals surface area contributed by atoms with Gasteiger partial charge in [0.05, 0.1) is 18.3 Å². The minimum atomic E-state index is -0.722. The Morgan fingerprint density at radius 2 is 2.33 bits per heavy atom. The van der Waals surface area contributed by atoms with Gasteiger partial charge in [-0.1, -0.05) is 21.1 Å². The molecule has 0 bridgehead atoms. The number of hydrogen-bond donors (Lipinski definition) is 0. The molecule has 0 N–H and O–H groups in total. The molecule has 2 atom stereocenters. The molecule has 1 aliphatic heterocycles. The molecule has 128 valence electrons. The maximum absolute atomic E-state index is 13.8. The highest BCUT2D eigenvalue weighted by Crippen LogP contribution is 2.26. The first-order chi connectivity index (χ1) is 11.6. The van der Waals surface area contributed by atoms with Gasteiger partial charge in [0.1, 0.15) is 5.82 Å². The Balaban J connectivity index is 1.71. The Hall–Kier alpha value is -1.07. The average Bonchev–Trinajstić information content (AvgIpc) is 3.17. The highest BCUT2D eigenvalue weighted by molar-refractivity contribution is 14.1. The number of aryl methyl sites for hydroxylation is 1. The molecule has 24 heavy (non-hydrogen) atoms. The second-order valence-corrected chi connectivity index (χ2v) is 7.36. The normalized spacial score (nSPS) is 20.5. The van der Waals surface area contributed by atoms with Crippen LogP contribution in [0.3, 0.4) is 0 Å². The summed E-state index contributed by atoms with van der Waals surface area (Å²) < 4.78 is 21.8. The predicted octanol–water partition coefficient (Wildman–Crippen LogP) is 2.39. The SMILES string of the molecule is O=CC1O[C@@H](Cn2cc(CCBr)nn2)CN1c1ccc(I)c(F)c1. The summed E-state index contributed by atoms with van der Waals surface area (Å²) in [6.07, 6.45) is 2.46. The fraction of sp³-hybridized carbons (Fsp3) is 0.400. The Labute approximate surface area is 160 Å². The van der Waals surface area contributed by atoms with E-state index in [2.05, 4.69) is 26.2 Å². The first-order valence-electron chi connectivity index (χ1n) is 7.38. The minimum Gasteiger partial charge on any atom is -0.344 e. The van der Waals surface area contributed by atoms with Crippen LogP contribution in [-0.4, -0.2) is 45.5 Å². The van der Waals surface area contributed by atoms with E-state index in [1.165, 1.54) is 6.07 Å². The van der Waals surface area contributed by atoms with Gasteiger partial charge in [0, 0.05) is 33.8 Å². The number of anilines is 1. The number of alkyl halides is 1. The topological polar surface area (TPSA) is 60.3 Å². The molecule has 0 saturated carbocycles. The molecule has 2 heterocycles. The molecule has 0 spiro atoms. The molecule has 1 aromatic carbocycles. The van der Waals surface area contributed by atoms with E-state index in [9.17, 15) is 9.18 Å². The van der Waals surface area contributed by atoms with Crippen LogP contribution in [0.4, 0.5) is 10.1 Å². The largest absolute Gasteiger partial charge is 0.344 e. The fourth-order valence-electron chi connectivity index (χ4n) is 2.61. The lowest BCUT2D eigenvalue weighted by Crippen LogP contribution is -2.31. The van der Waals surface area contributed by atoms with Crippen LogP contribution < -0.4 is 4.90 Å². The van der Waals surface area contributed by atoms with Gasteiger partial charge in [-0.25, -0.2) is 9.07 Å². The Morgan fingerprint density at radius 3 is 3.04 bits per heavy atom. The van der Waals surface area contributed by atoms with Gasteiger partial charge in [-0.15, -0.1) is 5.10 Å². The number of benzene rings is 1. The van der Waals surface area contributed by atoms with E-state index in [-0.39, 0.29) is 11.9 Å². The van der Waals surface area contributed by atoms with Crippen molar-refractivity contribution in [3.8, 4) is 0 Å². The monoisotopic (exact) mass is 508 g/mol. The molecule has 0 amide bonds. The smallest absolute Gasteiger partial charge is 0.187 e. The molecule has 0 radical (unpaired) electrons. The third kappa shape index (κ3) is 3.94. The number of ether oxygens (including phenoxy) is 1. The third-order valence-corrected chi connectivity index (χ3v) is 4.99. The van der Waals surface area contributed by atoms with Crippen molar-refractivity contribution in [1.29, 1.82) is 0 Å². The van der Waals surface area contributed by atoms with Crippen molar-refractivity contribution in [2.75, 3.05) is 16.8 Å². The standard InChI is InChI=1S/C15H15BrFIN4O2/c16-4-3-10-6-21(20-19-10)7-12-8-22(15(9-23)24-12)11-1-2-14(18)13(17)5-11/h1-2,5-6,9,12,15H,3-4,7-8H2/t12-,15?/m0/s1. The van der Waals surface area contributed by atoms with Crippen LogP contribution in [0.2, 0.25) is 0 Å². The van der Waals surface area contributed by atoms with E-state index in [0.29, 0.717) is 22.3 Å². The second kappa shape index (κ2) is 7.87. The van der Waals surface area contributed by atoms with Crippen molar-refractivity contribution in [3.05, 3.63) is 39.5 Å². The zero-order valence-electron chi connectivity index (χ0n) is 12.6. The van der Waals surface area contributed by atoms with Crippen molar-refractivity contribution < 1.29 is 13.9 Å². The molecule has 9 heteroatoms. The van der Waals surface area contributed by atoms with Crippen LogP contribution in [0.5, 0.6) is 0 Å². The average molecular weight is 509 g/mol. The van der Waals surface area contributed by atoms with Crippen LogP contribution in [0.1, 0.15) is 5.69 Å².